The summed E-state index contributed by atoms with van der Waals surface area (Å²) in [4.78, 5) is 7.07. The first-order valence-electron chi connectivity index (χ1n) is 10.9. The molecule has 0 atom stereocenters. The number of hydrogen-bond donors (Lipinski definition) is 0. The van der Waals surface area contributed by atoms with Crippen molar-refractivity contribution in [3.05, 3.63) is 77.1 Å². The second-order valence-electron chi connectivity index (χ2n) is 8.91. The molecule has 30 heavy (non-hydrogen) atoms. The van der Waals surface area contributed by atoms with Crippen LogP contribution in [-0.4, -0.2) is 23.9 Å². The van der Waals surface area contributed by atoms with Gasteiger partial charge in [0.25, 0.3) is 0 Å². The summed E-state index contributed by atoms with van der Waals surface area (Å²) in [7, 11) is 0. The van der Waals surface area contributed by atoms with Crippen LogP contribution >= 0.6 is 0 Å². The summed E-state index contributed by atoms with van der Waals surface area (Å²) in [5.74, 6) is 0. The van der Waals surface area contributed by atoms with Crippen molar-refractivity contribution in [3.63, 3.8) is 0 Å². The van der Waals surface area contributed by atoms with Crippen LogP contribution in [0.15, 0.2) is 59.6 Å². The minimum Gasteiger partial charge on any atom is -0.372 e. The number of aryl methyl sites for hydroxylation is 1. The summed E-state index contributed by atoms with van der Waals surface area (Å²) in [5.41, 5.74) is 8.51. The first kappa shape index (κ1) is 21.9. The van der Waals surface area contributed by atoms with Crippen molar-refractivity contribution in [2.24, 2.45) is 4.99 Å². The maximum absolute atomic E-state index is 4.73. The van der Waals surface area contributed by atoms with Crippen molar-refractivity contribution in [3.8, 4) is 5.69 Å². The molecule has 3 aromatic rings. The van der Waals surface area contributed by atoms with Gasteiger partial charge in [0, 0.05) is 47.6 Å². The fourth-order valence-corrected chi connectivity index (χ4v) is 3.91. The molecular formula is C27H35N3. The molecular weight excluding hydrogens is 366 g/mol. The molecule has 3 nitrogen and oxygen atoms in total. The van der Waals surface area contributed by atoms with Crippen LogP contribution in [0.25, 0.3) is 5.69 Å². The van der Waals surface area contributed by atoms with Gasteiger partial charge in [-0.2, -0.15) is 0 Å². The molecule has 0 spiro atoms. The lowest BCUT2D eigenvalue weighted by atomic mass is 9.87. The SMILES string of the molecule is CCN(CC)c1ccc(N=Cc2cc(C)n(-c3ccc(C(C)(C)C)cc3)c2C)cc1. The van der Waals surface area contributed by atoms with Crippen molar-refractivity contribution in [2.75, 3.05) is 18.0 Å². The lowest BCUT2D eigenvalue weighted by Gasteiger charge is -2.20. The van der Waals surface area contributed by atoms with Crippen LogP contribution in [-0.2, 0) is 5.41 Å². The Morgan fingerprint density at radius 2 is 1.50 bits per heavy atom. The van der Waals surface area contributed by atoms with Crippen molar-refractivity contribution in [1.29, 1.82) is 0 Å². The number of aliphatic imine (C=N–C) groups is 1. The maximum Gasteiger partial charge on any atom is 0.0631 e. The third-order valence-electron chi connectivity index (χ3n) is 5.79. The molecule has 0 unspecified atom stereocenters. The van der Waals surface area contributed by atoms with Gasteiger partial charge < -0.3 is 9.47 Å². The Bertz CT molecular complexity index is 996. The maximum atomic E-state index is 4.73. The van der Waals surface area contributed by atoms with E-state index in [4.69, 9.17) is 4.99 Å². The smallest absolute Gasteiger partial charge is 0.0631 e. The standard InChI is InChI=1S/C27H35N3/c1-8-29(9-2)25-16-12-24(13-17-25)28-19-22-18-20(3)30(21(22)4)26-14-10-23(11-15-26)27(5,6)7/h10-19H,8-9H2,1-7H3. The van der Waals surface area contributed by atoms with Crippen molar-refractivity contribution in [2.45, 2.75) is 53.9 Å². The predicted octanol–water partition coefficient (Wildman–Crippen LogP) is 6.99. The minimum absolute atomic E-state index is 0.165. The molecule has 3 heteroatoms. The van der Waals surface area contributed by atoms with Crippen molar-refractivity contribution >= 4 is 17.6 Å². The third-order valence-corrected chi connectivity index (χ3v) is 5.79. The van der Waals surface area contributed by atoms with Crippen LogP contribution in [0.4, 0.5) is 11.4 Å². The van der Waals surface area contributed by atoms with Crippen LogP contribution in [0, 0.1) is 13.8 Å². The van der Waals surface area contributed by atoms with Gasteiger partial charge in [-0.1, -0.05) is 32.9 Å². The lowest BCUT2D eigenvalue weighted by Crippen LogP contribution is -2.21. The lowest BCUT2D eigenvalue weighted by molar-refractivity contribution is 0.590. The number of aromatic nitrogens is 1. The molecule has 2 aromatic carbocycles. The van der Waals surface area contributed by atoms with Crippen molar-refractivity contribution in [1.82, 2.24) is 4.57 Å². The Morgan fingerprint density at radius 1 is 0.900 bits per heavy atom. The van der Waals surface area contributed by atoms with Crippen molar-refractivity contribution < 1.29 is 0 Å². The summed E-state index contributed by atoms with van der Waals surface area (Å²) < 4.78 is 2.30. The first-order valence-corrected chi connectivity index (χ1v) is 10.9. The summed E-state index contributed by atoms with van der Waals surface area (Å²) >= 11 is 0. The molecule has 0 fully saturated rings. The summed E-state index contributed by atoms with van der Waals surface area (Å²) in [6, 6.07) is 19.6. The predicted molar refractivity (Wildman–Crippen MR) is 131 cm³/mol. The van der Waals surface area contributed by atoms with E-state index in [0.717, 1.165) is 24.3 Å². The second kappa shape index (κ2) is 8.91. The second-order valence-corrected chi connectivity index (χ2v) is 8.91. The van der Waals surface area contributed by atoms with E-state index in [0.29, 0.717) is 0 Å². The van der Waals surface area contributed by atoms with Gasteiger partial charge in [0.05, 0.1) is 5.69 Å². The monoisotopic (exact) mass is 401 g/mol. The number of anilines is 1. The molecule has 0 aliphatic rings. The van der Waals surface area contributed by atoms with E-state index < -0.39 is 0 Å². The van der Waals surface area contributed by atoms with Gasteiger partial charge >= 0.3 is 0 Å². The van der Waals surface area contributed by atoms with Gasteiger partial charge in [0.2, 0.25) is 0 Å². The Hall–Kier alpha value is -2.81. The van der Waals surface area contributed by atoms with E-state index in [-0.39, 0.29) is 5.41 Å². The highest BCUT2D eigenvalue weighted by Gasteiger charge is 2.14. The zero-order valence-electron chi connectivity index (χ0n) is 19.5. The average Bonchev–Trinajstić information content (AvgIpc) is 3.01. The zero-order chi connectivity index (χ0) is 21.9. The normalized spacial score (nSPS) is 12.0. The van der Waals surface area contributed by atoms with Gasteiger partial charge in [-0.15, -0.1) is 0 Å². The number of rotatable bonds is 6. The highest BCUT2D eigenvalue weighted by atomic mass is 15.1. The van der Waals surface area contributed by atoms with Gasteiger partial charge in [-0.3, -0.25) is 4.99 Å². The fraction of sp³-hybridized carbons (Fsp3) is 0.370. The molecule has 0 N–H and O–H groups in total. The van der Waals surface area contributed by atoms with Crippen LogP contribution in [0.3, 0.4) is 0 Å². The molecule has 0 amide bonds. The highest BCUT2D eigenvalue weighted by Crippen LogP contribution is 2.26. The number of benzene rings is 2. The average molecular weight is 402 g/mol. The minimum atomic E-state index is 0.165. The molecule has 3 rings (SSSR count). The Kier molecular flexibility index (Phi) is 6.50. The molecule has 0 saturated carbocycles. The van der Waals surface area contributed by atoms with Crippen LogP contribution in [0.5, 0.6) is 0 Å². The third kappa shape index (κ3) is 4.67. The molecule has 1 heterocycles. The molecule has 0 aliphatic heterocycles. The van der Waals surface area contributed by atoms with Gasteiger partial charge in [-0.25, -0.2) is 0 Å². The number of hydrogen-bond acceptors (Lipinski definition) is 2. The first-order chi connectivity index (χ1) is 14.2. The van der Waals surface area contributed by atoms with Gasteiger partial charge in [-0.05, 0) is 81.1 Å². The summed E-state index contributed by atoms with van der Waals surface area (Å²) in [5, 5.41) is 0. The summed E-state index contributed by atoms with van der Waals surface area (Å²) in [6.45, 7) is 17.5. The Labute approximate surface area is 182 Å². The molecule has 1 aromatic heterocycles. The van der Waals surface area contributed by atoms with Crippen LogP contribution in [0.2, 0.25) is 0 Å². The van der Waals surface area contributed by atoms with Crippen LogP contribution < -0.4 is 4.90 Å². The van der Waals surface area contributed by atoms with Gasteiger partial charge in [0.1, 0.15) is 0 Å². The molecule has 0 saturated heterocycles. The Morgan fingerprint density at radius 3 is 2.03 bits per heavy atom. The van der Waals surface area contributed by atoms with E-state index in [1.165, 1.54) is 28.3 Å². The fourth-order valence-electron chi connectivity index (χ4n) is 3.91. The molecule has 0 radical (unpaired) electrons. The van der Waals surface area contributed by atoms with E-state index >= 15 is 0 Å². The van der Waals surface area contributed by atoms with E-state index in [2.05, 4.69) is 113 Å². The molecule has 158 valence electrons. The highest BCUT2D eigenvalue weighted by molar-refractivity contribution is 5.84. The van der Waals surface area contributed by atoms with E-state index in [1.54, 1.807) is 0 Å². The summed E-state index contributed by atoms with van der Waals surface area (Å²) in [6.07, 6.45) is 1.98. The number of nitrogens with zero attached hydrogens (tertiary/aromatic N) is 3. The van der Waals surface area contributed by atoms with E-state index in [1.807, 2.05) is 6.21 Å². The molecule has 0 aliphatic carbocycles. The van der Waals surface area contributed by atoms with E-state index in [9.17, 15) is 0 Å². The van der Waals surface area contributed by atoms with Gasteiger partial charge in [0.15, 0.2) is 0 Å². The zero-order valence-corrected chi connectivity index (χ0v) is 19.5. The molecule has 0 bridgehead atoms. The largest absolute Gasteiger partial charge is 0.372 e. The topological polar surface area (TPSA) is 20.5 Å². The quantitative estimate of drug-likeness (QED) is 0.408. The Balaban J connectivity index is 1.83. The van der Waals surface area contributed by atoms with Crippen LogP contribution in [0.1, 0.15) is 57.1 Å².